The van der Waals surface area contributed by atoms with Crippen molar-refractivity contribution in [1.29, 1.82) is 0 Å². The van der Waals surface area contributed by atoms with Crippen molar-refractivity contribution in [1.82, 2.24) is 9.21 Å². The molecular formula is C18H26N2O5S. The Morgan fingerprint density at radius 1 is 1.12 bits per heavy atom. The van der Waals surface area contributed by atoms with Crippen LogP contribution in [0.4, 0.5) is 0 Å². The van der Waals surface area contributed by atoms with Gasteiger partial charge in [0, 0.05) is 25.7 Å². The Labute approximate surface area is 154 Å². The summed E-state index contributed by atoms with van der Waals surface area (Å²) in [6, 6.07) is 5.81. The van der Waals surface area contributed by atoms with Gasteiger partial charge in [-0.15, -0.1) is 0 Å². The molecule has 0 aliphatic carbocycles. The van der Waals surface area contributed by atoms with E-state index >= 15 is 0 Å². The average molecular weight is 382 g/mol. The standard InChI is InChI=1S/C18H26N2O5S/c1-18(2,17(22)23)19(3)16(21)14-9-8-10-15(13-14)26(24,25)20-11-6-4-5-7-12-20/h8-10,13H,4-7,11-12H2,1-3H3,(H,22,23). The highest BCUT2D eigenvalue weighted by molar-refractivity contribution is 7.89. The summed E-state index contributed by atoms with van der Waals surface area (Å²) in [5.41, 5.74) is -1.26. The minimum absolute atomic E-state index is 0.0618. The summed E-state index contributed by atoms with van der Waals surface area (Å²) in [6.07, 6.45) is 3.68. The Balaban J connectivity index is 2.32. The molecule has 8 heteroatoms. The Hall–Kier alpha value is -1.93. The largest absolute Gasteiger partial charge is 0.480 e. The molecule has 2 rings (SSSR count). The van der Waals surface area contributed by atoms with Crippen LogP contribution in [0.3, 0.4) is 0 Å². The fourth-order valence-electron chi connectivity index (χ4n) is 2.81. The lowest BCUT2D eigenvalue weighted by Crippen LogP contribution is -2.50. The number of rotatable bonds is 5. The number of carbonyl (C=O) groups is 2. The third-order valence-corrected chi connectivity index (χ3v) is 6.84. The van der Waals surface area contributed by atoms with Gasteiger partial charge in [0.15, 0.2) is 0 Å². The maximum Gasteiger partial charge on any atom is 0.329 e. The number of hydrogen-bond acceptors (Lipinski definition) is 4. The molecule has 7 nitrogen and oxygen atoms in total. The normalized spacial score (nSPS) is 16.7. The van der Waals surface area contributed by atoms with E-state index in [4.69, 9.17) is 0 Å². The summed E-state index contributed by atoms with van der Waals surface area (Å²) in [5, 5.41) is 9.29. The van der Waals surface area contributed by atoms with Crippen molar-refractivity contribution in [3.63, 3.8) is 0 Å². The topological polar surface area (TPSA) is 95.0 Å². The van der Waals surface area contributed by atoms with Crippen molar-refractivity contribution >= 4 is 21.9 Å². The van der Waals surface area contributed by atoms with E-state index < -0.39 is 27.4 Å². The third-order valence-electron chi connectivity index (χ3n) is 4.95. The third kappa shape index (κ3) is 4.07. The van der Waals surface area contributed by atoms with E-state index in [0.29, 0.717) is 13.1 Å². The molecule has 1 amide bonds. The first-order chi connectivity index (χ1) is 12.1. The van der Waals surface area contributed by atoms with Gasteiger partial charge in [-0.1, -0.05) is 18.9 Å². The highest BCUT2D eigenvalue weighted by Crippen LogP contribution is 2.23. The summed E-state index contributed by atoms with van der Waals surface area (Å²) in [7, 11) is -2.28. The monoisotopic (exact) mass is 382 g/mol. The molecule has 1 aliphatic heterocycles. The average Bonchev–Trinajstić information content (AvgIpc) is 2.90. The van der Waals surface area contributed by atoms with E-state index in [9.17, 15) is 23.1 Å². The van der Waals surface area contributed by atoms with Crippen LogP contribution in [0.5, 0.6) is 0 Å². The van der Waals surface area contributed by atoms with Gasteiger partial charge in [-0.2, -0.15) is 4.31 Å². The minimum Gasteiger partial charge on any atom is -0.480 e. The number of benzene rings is 1. The van der Waals surface area contributed by atoms with Crippen molar-refractivity contribution in [3.05, 3.63) is 29.8 Å². The summed E-state index contributed by atoms with van der Waals surface area (Å²) in [4.78, 5) is 25.2. The van der Waals surface area contributed by atoms with Crippen molar-refractivity contribution in [2.24, 2.45) is 0 Å². The Morgan fingerprint density at radius 3 is 2.23 bits per heavy atom. The van der Waals surface area contributed by atoms with Gasteiger partial charge in [0.05, 0.1) is 4.90 Å². The summed E-state index contributed by atoms with van der Waals surface area (Å²) in [5.74, 6) is -1.67. The number of amides is 1. The van der Waals surface area contributed by atoms with Gasteiger partial charge >= 0.3 is 5.97 Å². The molecule has 0 saturated carbocycles. The first-order valence-electron chi connectivity index (χ1n) is 8.70. The molecular weight excluding hydrogens is 356 g/mol. The predicted molar refractivity (Wildman–Crippen MR) is 97.5 cm³/mol. The van der Waals surface area contributed by atoms with Gasteiger partial charge in [0.1, 0.15) is 5.54 Å². The zero-order chi connectivity index (χ0) is 19.5. The zero-order valence-electron chi connectivity index (χ0n) is 15.4. The van der Waals surface area contributed by atoms with Crippen LogP contribution in [0.2, 0.25) is 0 Å². The number of aliphatic carboxylic acids is 1. The molecule has 0 unspecified atom stereocenters. The van der Waals surface area contributed by atoms with Gasteiger partial charge in [-0.25, -0.2) is 13.2 Å². The Bertz CT molecular complexity index is 781. The fourth-order valence-corrected chi connectivity index (χ4v) is 4.38. The van der Waals surface area contributed by atoms with E-state index in [1.807, 2.05) is 0 Å². The summed E-state index contributed by atoms with van der Waals surface area (Å²) < 4.78 is 27.3. The minimum atomic E-state index is -3.67. The van der Waals surface area contributed by atoms with E-state index in [0.717, 1.165) is 30.6 Å². The second-order valence-corrected chi connectivity index (χ2v) is 9.01. The SMILES string of the molecule is CN(C(=O)c1cccc(S(=O)(=O)N2CCCCCC2)c1)C(C)(C)C(=O)O. The van der Waals surface area contributed by atoms with E-state index in [-0.39, 0.29) is 10.5 Å². The van der Waals surface area contributed by atoms with Crippen LogP contribution in [0.15, 0.2) is 29.2 Å². The van der Waals surface area contributed by atoms with Crippen LogP contribution in [0.1, 0.15) is 49.9 Å². The molecule has 0 radical (unpaired) electrons. The molecule has 1 N–H and O–H groups in total. The molecule has 1 saturated heterocycles. The van der Waals surface area contributed by atoms with Gasteiger partial charge in [-0.05, 0) is 44.9 Å². The predicted octanol–water partition coefficient (Wildman–Crippen LogP) is 2.19. The van der Waals surface area contributed by atoms with E-state index in [2.05, 4.69) is 0 Å². The molecule has 144 valence electrons. The number of sulfonamides is 1. The van der Waals surface area contributed by atoms with Crippen LogP contribution in [0.25, 0.3) is 0 Å². The highest BCUT2D eigenvalue weighted by atomic mass is 32.2. The number of likely N-dealkylation sites (N-methyl/N-ethyl adjacent to an activating group) is 1. The summed E-state index contributed by atoms with van der Waals surface area (Å²) >= 11 is 0. The van der Waals surface area contributed by atoms with Gasteiger partial charge < -0.3 is 10.0 Å². The Morgan fingerprint density at radius 2 is 1.69 bits per heavy atom. The first-order valence-corrected chi connectivity index (χ1v) is 10.1. The van der Waals surface area contributed by atoms with Crippen LogP contribution < -0.4 is 0 Å². The maximum absolute atomic E-state index is 12.9. The molecule has 1 aromatic rings. The molecule has 1 aromatic carbocycles. The quantitative estimate of drug-likeness (QED) is 0.842. The summed E-state index contributed by atoms with van der Waals surface area (Å²) in [6.45, 7) is 3.80. The molecule has 0 atom stereocenters. The second kappa shape index (κ2) is 7.75. The van der Waals surface area contributed by atoms with Gasteiger partial charge in [-0.3, -0.25) is 4.79 Å². The van der Waals surface area contributed by atoms with Crippen molar-refractivity contribution in [2.45, 2.75) is 50.0 Å². The number of carboxylic acid groups (broad SMARTS) is 1. The molecule has 26 heavy (non-hydrogen) atoms. The molecule has 1 fully saturated rings. The van der Waals surface area contributed by atoms with Crippen LogP contribution in [-0.2, 0) is 14.8 Å². The molecule has 0 bridgehead atoms. The molecule has 0 spiro atoms. The highest BCUT2D eigenvalue weighted by Gasteiger charge is 2.36. The van der Waals surface area contributed by atoms with Gasteiger partial charge in [0.25, 0.3) is 5.91 Å². The second-order valence-electron chi connectivity index (χ2n) is 7.07. The van der Waals surface area contributed by atoms with Crippen molar-refractivity contribution in [2.75, 3.05) is 20.1 Å². The van der Waals surface area contributed by atoms with Gasteiger partial charge in [0.2, 0.25) is 10.0 Å². The lowest BCUT2D eigenvalue weighted by Gasteiger charge is -2.31. The van der Waals surface area contributed by atoms with E-state index in [1.165, 1.54) is 49.5 Å². The van der Waals surface area contributed by atoms with Crippen LogP contribution in [-0.4, -0.2) is 60.3 Å². The lowest BCUT2D eigenvalue weighted by atomic mass is 10.0. The fraction of sp³-hybridized carbons (Fsp3) is 0.556. The van der Waals surface area contributed by atoms with Crippen molar-refractivity contribution < 1.29 is 23.1 Å². The Kier molecular flexibility index (Phi) is 6.08. The first kappa shape index (κ1) is 20.4. The number of nitrogens with zero attached hydrogens (tertiary/aromatic N) is 2. The zero-order valence-corrected chi connectivity index (χ0v) is 16.3. The molecule has 0 aromatic heterocycles. The van der Waals surface area contributed by atoms with E-state index in [1.54, 1.807) is 0 Å². The number of carbonyl (C=O) groups excluding carboxylic acids is 1. The number of hydrogen-bond donors (Lipinski definition) is 1. The van der Waals surface area contributed by atoms with Crippen LogP contribution >= 0.6 is 0 Å². The lowest BCUT2D eigenvalue weighted by molar-refractivity contribution is -0.147. The molecule has 1 heterocycles. The number of carboxylic acids is 1. The van der Waals surface area contributed by atoms with Crippen molar-refractivity contribution in [3.8, 4) is 0 Å². The maximum atomic E-state index is 12.9. The molecule has 1 aliphatic rings. The van der Waals surface area contributed by atoms with Crippen LogP contribution in [0, 0.1) is 0 Å². The smallest absolute Gasteiger partial charge is 0.329 e.